The second-order valence-electron chi connectivity index (χ2n) is 8.71. The van der Waals surface area contributed by atoms with Gasteiger partial charge in [0.05, 0.1) is 20.1 Å². The number of amides is 2. The van der Waals surface area contributed by atoms with Crippen molar-refractivity contribution in [3.05, 3.63) is 59.7 Å². The maximum atomic E-state index is 12.8. The van der Waals surface area contributed by atoms with Crippen molar-refractivity contribution in [3.8, 4) is 11.5 Å². The van der Waals surface area contributed by atoms with Crippen LogP contribution < -0.4 is 9.47 Å². The van der Waals surface area contributed by atoms with Crippen LogP contribution in [0.4, 0.5) is 0 Å². The van der Waals surface area contributed by atoms with Crippen LogP contribution in [0.3, 0.4) is 0 Å². The second kappa shape index (κ2) is 10.5. The first-order valence-corrected chi connectivity index (χ1v) is 11.6. The van der Waals surface area contributed by atoms with Crippen LogP contribution in [0.25, 0.3) is 0 Å². The summed E-state index contributed by atoms with van der Waals surface area (Å²) in [6, 6.07) is 15.1. The summed E-state index contributed by atoms with van der Waals surface area (Å²) >= 11 is 0. The molecule has 0 aliphatic carbocycles. The van der Waals surface area contributed by atoms with E-state index in [9.17, 15) is 9.59 Å². The molecular formula is C26H32N2O4. The number of ether oxygens (including phenoxy) is 2. The molecule has 2 aromatic rings. The fraction of sp³-hybridized carbons (Fsp3) is 0.462. The van der Waals surface area contributed by atoms with Gasteiger partial charge in [0.25, 0.3) is 5.91 Å². The zero-order valence-corrected chi connectivity index (χ0v) is 18.8. The summed E-state index contributed by atoms with van der Waals surface area (Å²) in [5.74, 6) is 2.10. The Morgan fingerprint density at radius 1 is 0.938 bits per heavy atom. The Morgan fingerprint density at radius 3 is 2.44 bits per heavy atom. The molecule has 1 atom stereocenters. The van der Waals surface area contributed by atoms with Crippen LogP contribution in [-0.4, -0.2) is 61.5 Å². The molecule has 32 heavy (non-hydrogen) atoms. The number of nitrogens with zero attached hydrogens (tertiary/aromatic N) is 2. The molecule has 0 spiro atoms. The first-order chi connectivity index (χ1) is 15.6. The van der Waals surface area contributed by atoms with E-state index in [-0.39, 0.29) is 11.8 Å². The normalized spacial score (nSPS) is 18.5. The summed E-state index contributed by atoms with van der Waals surface area (Å²) < 4.78 is 11.3. The lowest BCUT2D eigenvalue weighted by atomic mass is 9.98. The number of hydrogen-bond acceptors (Lipinski definition) is 4. The molecule has 0 radical (unpaired) electrons. The highest BCUT2D eigenvalue weighted by molar-refractivity contribution is 5.94. The molecule has 0 unspecified atom stereocenters. The molecule has 0 saturated carbocycles. The van der Waals surface area contributed by atoms with Crippen molar-refractivity contribution < 1.29 is 19.1 Å². The monoisotopic (exact) mass is 436 g/mol. The predicted molar refractivity (Wildman–Crippen MR) is 123 cm³/mol. The molecule has 6 nitrogen and oxygen atoms in total. The Labute approximate surface area is 190 Å². The number of rotatable bonds is 7. The minimum Gasteiger partial charge on any atom is -0.497 e. The average molecular weight is 437 g/mol. The van der Waals surface area contributed by atoms with Crippen LogP contribution in [0.15, 0.2) is 48.5 Å². The number of likely N-dealkylation sites (tertiary alicyclic amines) is 2. The molecule has 0 bridgehead atoms. The molecule has 6 heteroatoms. The lowest BCUT2D eigenvalue weighted by Crippen LogP contribution is -2.42. The Hall–Kier alpha value is -3.02. The number of benzene rings is 2. The quantitative estimate of drug-likeness (QED) is 0.663. The largest absolute Gasteiger partial charge is 0.497 e. The van der Waals surface area contributed by atoms with Gasteiger partial charge in [-0.3, -0.25) is 9.59 Å². The highest BCUT2D eigenvalue weighted by atomic mass is 16.5. The molecule has 2 amide bonds. The Balaban J connectivity index is 1.26. The van der Waals surface area contributed by atoms with E-state index in [1.54, 1.807) is 7.11 Å². The van der Waals surface area contributed by atoms with Crippen molar-refractivity contribution in [3.63, 3.8) is 0 Å². The number of carbonyl (C=O) groups is 2. The summed E-state index contributed by atoms with van der Waals surface area (Å²) in [6.07, 6.45) is 4.60. The molecule has 2 aliphatic rings. The minimum absolute atomic E-state index is 0.103. The summed E-state index contributed by atoms with van der Waals surface area (Å²) in [6.45, 7) is 3.79. The van der Waals surface area contributed by atoms with Crippen LogP contribution in [0.2, 0.25) is 0 Å². The summed E-state index contributed by atoms with van der Waals surface area (Å²) in [5.41, 5.74) is 1.68. The van der Waals surface area contributed by atoms with Gasteiger partial charge in [-0.2, -0.15) is 0 Å². The van der Waals surface area contributed by atoms with Gasteiger partial charge < -0.3 is 19.3 Å². The van der Waals surface area contributed by atoms with Crippen LogP contribution in [0.5, 0.6) is 11.5 Å². The van der Waals surface area contributed by atoms with Crippen LogP contribution in [0, 0.1) is 5.92 Å². The van der Waals surface area contributed by atoms with Crippen molar-refractivity contribution in [1.82, 2.24) is 9.80 Å². The fourth-order valence-electron chi connectivity index (χ4n) is 4.51. The maximum absolute atomic E-state index is 12.8. The van der Waals surface area contributed by atoms with Gasteiger partial charge in [-0.15, -0.1) is 0 Å². The summed E-state index contributed by atoms with van der Waals surface area (Å²) in [4.78, 5) is 29.1. The third-order valence-electron chi connectivity index (χ3n) is 6.34. The second-order valence-corrected chi connectivity index (χ2v) is 8.71. The van der Waals surface area contributed by atoms with E-state index in [1.807, 2.05) is 58.3 Å². The SMILES string of the molecule is COc1cccc(CC(=O)N2CCC[C@H](COc3ccc(C(=O)N4CCCC4)cc3)C2)c1. The molecule has 170 valence electrons. The van der Waals surface area contributed by atoms with Crippen molar-refractivity contribution >= 4 is 11.8 Å². The average Bonchev–Trinajstić information content (AvgIpc) is 3.38. The van der Waals surface area contributed by atoms with Gasteiger partial charge in [0.2, 0.25) is 5.91 Å². The van der Waals surface area contributed by atoms with E-state index < -0.39 is 0 Å². The van der Waals surface area contributed by atoms with Crippen LogP contribution in [0.1, 0.15) is 41.6 Å². The Kier molecular flexibility index (Phi) is 7.30. The van der Waals surface area contributed by atoms with E-state index in [0.29, 0.717) is 31.1 Å². The highest BCUT2D eigenvalue weighted by Gasteiger charge is 2.24. The molecule has 2 aromatic carbocycles. The number of methoxy groups -OCH3 is 1. The number of hydrogen-bond donors (Lipinski definition) is 0. The van der Waals surface area contributed by atoms with Gasteiger partial charge in [-0.1, -0.05) is 12.1 Å². The van der Waals surface area contributed by atoms with E-state index >= 15 is 0 Å². The molecule has 2 aliphatic heterocycles. The molecule has 0 N–H and O–H groups in total. The smallest absolute Gasteiger partial charge is 0.253 e. The Morgan fingerprint density at radius 2 is 1.69 bits per heavy atom. The standard InChI is InChI=1S/C26H32N2O4/c1-31-24-8-4-6-20(16-24)17-25(29)28-15-5-7-21(18-28)19-32-23-11-9-22(10-12-23)26(30)27-13-2-3-14-27/h4,6,8-12,16,21H,2-3,5,7,13-15,17-19H2,1H3/t21-/m0/s1. The topological polar surface area (TPSA) is 59.1 Å². The molecule has 4 rings (SSSR count). The van der Waals surface area contributed by atoms with Gasteiger partial charge in [0, 0.05) is 37.7 Å². The summed E-state index contributed by atoms with van der Waals surface area (Å²) in [7, 11) is 1.63. The zero-order valence-electron chi connectivity index (χ0n) is 18.8. The third kappa shape index (κ3) is 5.61. The predicted octanol–water partition coefficient (Wildman–Crippen LogP) is 3.79. The van der Waals surface area contributed by atoms with E-state index in [1.165, 1.54) is 0 Å². The molecule has 2 saturated heterocycles. The van der Waals surface area contributed by atoms with Gasteiger partial charge in [-0.05, 0) is 67.6 Å². The first-order valence-electron chi connectivity index (χ1n) is 11.6. The maximum Gasteiger partial charge on any atom is 0.253 e. The van der Waals surface area contributed by atoms with Crippen molar-refractivity contribution in [2.75, 3.05) is 39.9 Å². The fourth-order valence-corrected chi connectivity index (χ4v) is 4.51. The Bertz CT molecular complexity index is 922. The van der Waals surface area contributed by atoms with Gasteiger partial charge >= 0.3 is 0 Å². The third-order valence-corrected chi connectivity index (χ3v) is 6.34. The van der Waals surface area contributed by atoms with E-state index in [4.69, 9.17) is 9.47 Å². The lowest BCUT2D eigenvalue weighted by Gasteiger charge is -2.32. The van der Waals surface area contributed by atoms with Crippen LogP contribution in [-0.2, 0) is 11.2 Å². The molecule has 2 fully saturated rings. The van der Waals surface area contributed by atoms with Gasteiger partial charge in [0.1, 0.15) is 11.5 Å². The zero-order chi connectivity index (χ0) is 22.3. The van der Waals surface area contributed by atoms with Crippen molar-refractivity contribution in [1.29, 1.82) is 0 Å². The van der Waals surface area contributed by atoms with Gasteiger partial charge in [0.15, 0.2) is 0 Å². The van der Waals surface area contributed by atoms with E-state index in [2.05, 4.69) is 0 Å². The summed E-state index contributed by atoms with van der Waals surface area (Å²) in [5, 5.41) is 0. The number of piperidine rings is 1. The lowest BCUT2D eigenvalue weighted by molar-refractivity contribution is -0.132. The molecule has 0 aromatic heterocycles. The van der Waals surface area contributed by atoms with Crippen molar-refractivity contribution in [2.24, 2.45) is 5.92 Å². The molecule has 2 heterocycles. The van der Waals surface area contributed by atoms with Gasteiger partial charge in [-0.25, -0.2) is 0 Å². The highest BCUT2D eigenvalue weighted by Crippen LogP contribution is 2.22. The first kappa shape index (κ1) is 22.2. The van der Waals surface area contributed by atoms with Crippen molar-refractivity contribution in [2.45, 2.75) is 32.1 Å². The molecular weight excluding hydrogens is 404 g/mol. The minimum atomic E-state index is 0.103. The van der Waals surface area contributed by atoms with Crippen LogP contribution >= 0.6 is 0 Å². The number of carbonyl (C=O) groups excluding carboxylic acids is 2. The van der Waals surface area contributed by atoms with E-state index in [0.717, 1.165) is 62.4 Å².